The Morgan fingerprint density at radius 3 is 2.71 bits per heavy atom. The fourth-order valence-electron chi connectivity index (χ4n) is 1.91. The molecule has 0 spiro atoms. The van der Waals surface area contributed by atoms with E-state index in [1.807, 2.05) is 0 Å². The standard InChI is InChI=1S/C13H13FN2O/c14-11-5-2-1-4-10(11)8-16-12(17)13(9-15)6-3-7-13/h1-2,4-5H,3,6-8H2,(H,16,17). The average molecular weight is 232 g/mol. The number of benzene rings is 1. The number of hydrogen-bond donors (Lipinski definition) is 1. The summed E-state index contributed by atoms with van der Waals surface area (Å²) in [6.07, 6.45) is 2.11. The maximum absolute atomic E-state index is 13.3. The highest BCUT2D eigenvalue weighted by atomic mass is 19.1. The zero-order valence-corrected chi connectivity index (χ0v) is 9.37. The normalized spacial score (nSPS) is 16.7. The SMILES string of the molecule is N#CC1(C(=O)NCc2ccccc2F)CCC1. The molecule has 4 heteroatoms. The van der Waals surface area contributed by atoms with Gasteiger partial charge in [0.1, 0.15) is 11.2 Å². The van der Waals surface area contributed by atoms with E-state index in [1.165, 1.54) is 6.07 Å². The van der Waals surface area contributed by atoms with E-state index >= 15 is 0 Å². The zero-order valence-electron chi connectivity index (χ0n) is 9.37. The average Bonchev–Trinajstić information content (AvgIpc) is 2.27. The van der Waals surface area contributed by atoms with Gasteiger partial charge in [-0.15, -0.1) is 0 Å². The summed E-state index contributed by atoms with van der Waals surface area (Å²) in [5.74, 6) is -0.623. The molecule has 0 atom stereocenters. The third-order valence-electron chi connectivity index (χ3n) is 3.25. The van der Waals surface area contributed by atoms with Crippen LogP contribution < -0.4 is 5.32 Å². The summed E-state index contributed by atoms with van der Waals surface area (Å²) in [5.41, 5.74) is -0.432. The molecule has 0 saturated heterocycles. The van der Waals surface area contributed by atoms with Gasteiger partial charge in [0, 0.05) is 12.1 Å². The number of nitrogens with zero attached hydrogens (tertiary/aromatic N) is 1. The molecule has 3 nitrogen and oxygen atoms in total. The summed E-state index contributed by atoms with van der Waals surface area (Å²) in [6.45, 7) is 0.134. The molecule has 1 saturated carbocycles. The molecule has 17 heavy (non-hydrogen) atoms. The van der Waals surface area contributed by atoms with Gasteiger partial charge < -0.3 is 5.32 Å². The van der Waals surface area contributed by atoms with Crippen molar-refractivity contribution in [3.05, 3.63) is 35.6 Å². The highest BCUT2D eigenvalue weighted by Gasteiger charge is 2.44. The van der Waals surface area contributed by atoms with Crippen molar-refractivity contribution in [1.82, 2.24) is 5.32 Å². The molecule has 0 aliphatic heterocycles. The molecule has 1 amide bonds. The van der Waals surface area contributed by atoms with Crippen molar-refractivity contribution in [1.29, 1.82) is 5.26 Å². The van der Waals surface area contributed by atoms with Crippen molar-refractivity contribution in [3.8, 4) is 6.07 Å². The summed E-state index contributed by atoms with van der Waals surface area (Å²) in [7, 11) is 0. The maximum Gasteiger partial charge on any atom is 0.240 e. The van der Waals surface area contributed by atoms with Gasteiger partial charge in [0.15, 0.2) is 0 Å². The van der Waals surface area contributed by atoms with E-state index in [0.29, 0.717) is 18.4 Å². The molecule has 1 aliphatic carbocycles. The molecule has 0 bridgehead atoms. The van der Waals surface area contributed by atoms with Crippen LogP contribution in [0.3, 0.4) is 0 Å². The Morgan fingerprint density at radius 1 is 1.47 bits per heavy atom. The third-order valence-corrected chi connectivity index (χ3v) is 3.25. The van der Waals surface area contributed by atoms with Crippen molar-refractivity contribution in [2.24, 2.45) is 5.41 Å². The van der Waals surface area contributed by atoms with E-state index < -0.39 is 5.41 Å². The van der Waals surface area contributed by atoms with Crippen molar-refractivity contribution >= 4 is 5.91 Å². The van der Waals surface area contributed by atoms with E-state index in [4.69, 9.17) is 5.26 Å². The summed E-state index contributed by atoms with van der Waals surface area (Å²) < 4.78 is 13.3. The minimum absolute atomic E-state index is 0.134. The van der Waals surface area contributed by atoms with Crippen LogP contribution in [0.25, 0.3) is 0 Å². The van der Waals surface area contributed by atoms with Gasteiger partial charge in [-0.25, -0.2) is 4.39 Å². The lowest BCUT2D eigenvalue weighted by Crippen LogP contribution is -2.44. The number of halogens is 1. The molecule has 0 radical (unpaired) electrons. The predicted octanol–water partition coefficient (Wildman–Crippen LogP) is 2.14. The molecular weight excluding hydrogens is 219 g/mol. The molecule has 1 N–H and O–H groups in total. The lowest BCUT2D eigenvalue weighted by molar-refractivity contribution is -0.131. The van der Waals surface area contributed by atoms with Crippen molar-refractivity contribution in [2.75, 3.05) is 0 Å². The quantitative estimate of drug-likeness (QED) is 0.868. The van der Waals surface area contributed by atoms with Crippen molar-refractivity contribution in [3.63, 3.8) is 0 Å². The van der Waals surface area contributed by atoms with Gasteiger partial charge in [0.25, 0.3) is 0 Å². The molecule has 0 aromatic heterocycles. The minimum Gasteiger partial charge on any atom is -0.351 e. The molecule has 88 valence electrons. The number of nitriles is 1. The second-order valence-corrected chi connectivity index (χ2v) is 4.32. The molecule has 1 aromatic rings. The summed E-state index contributed by atoms with van der Waals surface area (Å²) in [6, 6.07) is 8.35. The predicted molar refractivity (Wildman–Crippen MR) is 60.1 cm³/mol. The number of carbonyl (C=O) groups is 1. The van der Waals surface area contributed by atoms with Crippen LogP contribution >= 0.6 is 0 Å². The smallest absolute Gasteiger partial charge is 0.240 e. The number of carbonyl (C=O) groups excluding carboxylic acids is 1. The zero-order chi connectivity index (χ0) is 12.3. The molecule has 0 heterocycles. The number of nitrogens with one attached hydrogen (secondary N) is 1. The molecule has 2 rings (SSSR count). The minimum atomic E-state index is -0.870. The first-order chi connectivity index (χ1) is 8.18. The van der Waals surface area contributed by atoms with Gasteiger partial charge in [0.05, 0.1) is 6.07 Å². The highest BCUT2D eigenvalue weighted by Crippen LogP contribution is 2.40. The Bertz CT molecular complexity index is 475. The molecule has 1 aliphatic rings. The molecular formula is C13H13FN2O. The lowest BCUT2D eigenvalue weighted by atomic mass is 9.69. The number of rotatable bonds is 3. The summed E-state index contributed by atoms with van der Waals surface area (Å²) in [4.78, 5) is 11.8. The Kier molecular flexibility index (Phi) is 3.10. The first kappa shape index (κ1) is 11.6. The van der Waals surface area contributed by atoms with Gasteiger partial charge in [0.2, 0.25) is 5.91 Å². The largest absolute Gasteiger partial charge is 0.351 e. The number of hydrogen-bond acceptors (Lipinski definition) is 2. The monoisotopic (exact) mass is 232 g/mol. The Hall–Kier alpha value is -1.89. The van der Waals surface area contributed by atoms with Crippen LogP contribution in [-0.4, -0.2) is 5.91 Å². The molecule has 1 aromatic carbocycles. The second-order valence-electron chi connectivity index (χ2n) is 4.32. The fraction of sp³-hybridized carbons (Fsp3) is 0.385. The van der Waals surface area contributed by atoms with Crippen LogP contribution in [0.15, 0.2) is 24.3 Å². The van der Waals surface area contributed by atoms with Crippen LogP contribution in [0.1, 0.15) is 24.8 Å². The van der Waals surface area contributed by atoms with E-state index in [-0.39, 0.29) is 18.3 Å². The van der Waals surface area contributed by atoms with Gasteiger partial charge in [-0.2, -0.15) is 5.26 Å². The van der Waals surface area contributed by atoms with Gasteiger partial charge >= 0.3 is 0 Å². The van der Waals surface area contributed by atoms with E-state index in [1.54, 1.807) is 18.2 Å². The second kappa shape index (κ2) is 4.54. The fourth-order valence-corrected chi connectivity index (χ4v) is 1.91. The maximum atomic E-state index is 13.3. The number of amides is 1. The summed E-state index contributed by atoms with van der Waals surface area (Å²) >= 11 is 0. The van der Waals surface area contributed by atoms with Crippen LogP contribution in [0.4, 0.5) is 4.39 Å². The molecule has 1 fully saturated rings. The lowest BCUT2D eigenvalue weighted by Gasteiger charge is -2.33. The van der Waals surface area contributed by atoms with Crippen molar-refractivity contribution in [2.45, 2.75) is 25.8 Å². The van der Waals surface area contributed by atoms with Crippen LogP contribution in [0, 0.1) is 22.6 Å². The van der Waals surface area contributed by atoms with E-state index in [2.05, 4.69) is 11.4 Å². The molecule has 0 unspecified atom stereocenters. The van der Waals surface area contributed by atoms with Gasteiger partial charge in [-0.05, 0) is 25.3 Å². The summed E-state index contributed by atoms with van der Waals surface area (Å²) in [5, 5.41) is 11.6. The van der Waals surface area contributed by atoms with Gasteiger partial charge in [-0.3, -0.25) is 4.79 Å². The Labute approximate surface area is 99.2 Å². The first-order valence-corrected chi connectivity index (χ1v) is 5.61. The first-order valence-electron chi connectivity index (χ1n) is 5.61. The van der Waals surface area contributed by atoms with Crippen LogP contribution in [0.5, 0.6) is 0 Å². The third kappa shape index (κ3) is 2.14. The van der Waals surface area contributed by atoms with E-state index in [0.717, 1.165) is 6.42 Å². The Balaban J connectivity index is 1.98. The van der Waals surface area contributed by atoms with E-state index in [9.17, 15) is 9.18 Å². The highest BCUT2D eigenvalue weighted by molar-refractivity contribution is 5.86. The van der Waals surface area contributed by atoms with Crippen LogP contribution in [0.2, 0.25) is 0 Å². The Morgan fingerprint density at radius 2 is 2.18 bits per heavy atom. The van der Waals surface area contributed by atoms with Crippen molar-refractivity contribution < 1.29 is 9.18 Å². The van der Waals surface area contributed by atoms with Gasteiger partial charge in [-0.1, -0.05) is 18.2 Å². The topological polar surface area (TPSA) is 52.9 Å². The van der Waals surface area contributed by atoms with Crippen LogP contribution in [-0.2, 0) is 11.3 Å².